The fourth-order valence-corrected chi connectivity index (χ4v) is 1.96. The standard InChI is InChI=1S/C17H24N2O2/c1-13-7-8-14(17(2,3)4)15(11-13)21-12-16(20)19(5)10-6-9-18/h7-8,11H,6,10,12H2,1-5H3. The SMILES string of the molecule is Cc1ccc(C(C)(C)C)c(OCC(=O)N(C)CCC#N)c1. The third-order valence-electron chi connectivity index (χ3n) is 3.28. The van der Waals surface area contributed by atoms with E-state index < -0.39 is 0 Å². The monoisotopic (exact) mass is 288 g/mol. The topological polar surface area (TPSA) is 53.3 Å². The highest BCUT2D eigenvalue weighted by Gasteiger charge is 2.20. The maximum Gasteiger partial charge on any atom is 0.260 e. The fourth-order valence-electron chi connectivity index (χ4n) is 1.96. The molecular formula is C17H24N2O2. The van der Waals surface area contributed by atoms with Crippen molar-refractivity contribution in [1.82, 2.24) is 4.90 Å². The van der Waals surface area contributed by atoms with Gasteiger partial charge in [-0.2, -0.15) is 5.26 Å². The first-order chi connectivity index (χ1) is 9.75. The van der Waals surface area contributed by atoms with Crippen molar-refractivity contribution < 1.29 is 9.53 Å². The smallest absolute Gasteiger partial charge is 0.260 e. The van der Waals surface area contributed by atoms with E-state index in [1.54, 1.807) is 7.05 Å². The van der Waals surface area contributed by atoms with Gasteiger partial charge in [0, 0.05) is 13.6 Å². The second-order valence-electron chi connectivity index (χ2n) is 6.26. The molecule has 1 aromatic carbocycles. The van der Waals surface area contributed by atoms with E-state index in [4.69, 9.17) is 10.00 Å². The van der Waals surface area contributed by atoms with Crippen LogP contribution in [0, 0.1) is 18.3 Å². The van der Waals surface area contributed by atoms with Gasteiger partial charge in [-0.3, -0.25) is 4.79 Å². The molecular weight excluding hydrogens is 264 g/mol. The number of rotatable bonds is 5. The minimum Gasteiger partial charge on any atom is -0.483 e. The summed E-state index contributed by atoms with van der Waals surface area (Å²) >= 11 is 0. The van der Waals surface area contributed by atoms with E-state index in [9.17, 15) is 4.79 Å². The number of ether oxygens (including phenoxy) is 1. The first-order valence-corrected chi connectivity index (χ1v) is 7.10. The van der Waals surface area contributed by atoms with Gasteiger partial charge in [-0.05, 0) is 29.5 Å². The van der Waals surface area contributed by atoms with Crippen LogP contribution < -0.4 is 4.74 Å². The number of hydrogen-bond acceptors (Lipinski definition) is 3. The number of hydrogen-bond donors (Lipinski definition) is 0. The lowest BCUT2D eigenvalue weighted by Gasteiger charge is -2.24. The Morgan fingerprint density at radius 1 is 1.38 bits per heavy atom. The van der Waals surface area contributed by atoms with Gasteiger partial charge in [0.05, 0.1) is 12.5 Å². The van der Waals surface area contributed by atoms with Gasteiger partial charge in [0.15, 0.2) is 6.61 Å². The molecule has 21 heavy (non-hydrogen) atoms. The average molecular weight is 288 g/mol. The van der Waals surface area contributed by atoms with Gasteiger partial charge in [0.2, 0.25) is 0 Å². The van der Waals surface area contributed by atoms with Gasteiger partial charge < -0.3 is 9.64 Å². The van der Waals surface area contributed by atoms with Crippen LogP contribution in [-0.4, -0.2) is 31.0 Å². The Labute approximate surface area is 127 Å². The van der Waals surface area contributed by atoms with Crippen LogP contribution in [0.25, 0.3) is 0 Å². The summed E-state index contributed by atoms with van der Waals surface area (Å²) in [4.78, 5) is 13.5. The molecule has 0 saturated carbocycles. The highest BCUT2D eigenvalue weighted by Crippen LogP contribution is 2.32. The normalized spacial score (nSPS) is 10.9. The average Bonchev–Trinajstić information content (AvgIpc) is 2.40. The molecule has 0 aliphatic rings. The van der Waals surface area contributed by atoms with Crippen LogP contribution in [0.15, 0.2) is 18.2 Å². The van der Waals surface area contributed by atoms with Crippen molar-refractivity contribution in [3.05, 3.63) is 29.3 Å². The number of amides is 1. The second-order valence-corrected chi connectivity index (χ2v) is 6.26. The lowest BCUT2D eigenvalue weighted by molar-refractivity contribution is -0.132. The number of carbonyl (C=O) groups excluding carboxylic acids is 1. The summed E-state index contributed by atoms with van der Waals surface area (Å²) in [6.45, 7) is 8.77. The van der Waals surface area contributed by atoms with Gasteiger partial charge in [-0.1, -0.05) is 32.9 Å². The van der Waals surface area contributed by atoms with Crippen molar-refractivity contribution in [1.29, 1.82) is 5.26 Å². The van der Waals surface area contributed by atoms with Crippen molar-refractivity contribution in [2.75, 3.05) is 20.2 Å². The summed E-state index contributed by atoms with van der Waals surface area (Å²) in [6.07, 6.45) is 0.333. The summed E-state index contributed by atoms with van der Waals surface area (Å²) < 4.78 is 5.73. The van der Waals surface area contributed by atoms with Gasteiger partial charge in [-0.15, -0.1) is 0 Å². The highest BCUT2D eigenvalue weighted by molar-refractivity contribution is 5.77. The zero-order chi connectivity index (χ0) is 16.0. The van der Waals surface area contributed by atoms with Crippen molar-refractivity contribution >= 4 is 5.91 Å². The number of nitrogens with zero attached hydrogens (tertiary/aromatic N) is 2. The van der Waals surface area contributed by atoms with Gasteiger partial charge in [-0.25, -0.2) is 0 Å². The van der Waals surface area contributed by atoms with Crippen LogP contribution in [0.4, 0.5) is 0 Å². The van der Waals surface area contributed by atoms with Crippen LogP contribution in [0.3, 0.4) is 0 Å². The van der Waals surface area contributed by atoms with Crippen LogP contribution in [0.2, 0.25) is 0 Å². The number of likely N-dealkylation sites (N-methyl/N-ethyl adjacent to an activating group) is 1. The van der Waals surface area contributed by atoms with E-state index >= 15 is 0 Å². The fraction of sp³-hybridized carbons (Fsp3) is 0.529. The molecule has 0 heterocycles. The molecule has 1 aromatic rings. The molecule has 0 bridgehead atoms. The molecule has 0 atom stereocenters. The van der Waals surface area contributed by atoms with Crippen LogP contribution >= 0.6 is 0 Å². The van der Waals surface area contributed by atoms with Gasteiger partial charge in [0.1, 0.15) is 5.75 Å². The Bertz CT molecular complexity index is 539. The summed E-state index contributed by atoms with van der Waals surface area (Å²) in [7, 11) is 1.68. The molecule has 1 amide bonds. The summed E-state index contributed by atoms with van der Waals surface area (Å²) in [6, 6.07) is 8.09. The molecule has 0 radical (unpaired) electrons. The Kier molecular flexibility index (Phi) is 5.78. The number of carbonyl (C=O) groups is 1. The van der Waals surface area contributed by atoms with Crippen molar-refractivity contribution in [2.45, 2.75) is 39.5 Å². The number of nitriles is 1. The molecule has 0 aromatic heterocycles. The van der Waals surface area contributed by atoms with E-state index in [1.165, 1.54) is 4.90 Å². The molecule has 4 heteroatoms. The Morgan fingerprint density at radius 2 is 2.05 bits per heavy atom. The van der Waals surface area contributed by atoms with E-state index in [2.05, 4.69) is 26.8 Å². The second kappa shape index (κ2) is 7.12. The number of benzene rings is 1. The lowest BCUT2D eigenvalue weighted by Crippen LogP contribution is -2.32. The zero-order valence-corrected chi connectivity index (χ0v) is 13.6. The molecule has 4 nitrogen and oxygen atoms in total. The van der Waals surface area contributed by atoms with Crippen molar-refractivity contribution in [3.8, 4) is 11.8 Å². The van der Waals surface area contributed by atoms with E-state index in [-0.39, 0.29) is 17.9 Å². The maximum atomic E-state index is 12.0. The molecule has 0 saturated heterocycles. The summed E-state index contributed by atoms with van der Waals surface area (Å²) in [5.41, 5.74) is 2.14. The first-order valence-electron chi connectivity index (χ1n) is 7.10. The van der Waals surface area contributed by atoms with Gasteiger partial charge in [0.25, 0.3) is 5.91 Å². The molecule has 0 aliphatic heterocycles. The Hall–Kier alpha value is -2.02. The summed E-state index contributed by atoms with van der Waals surface area (Å²) in [5.74, 6) is 0.635. The van der Waals surface area contributed by atoms with Crippen molar-refractivity contribution in [2.24, 2.45) is 0 Å². The van der Waals surface area contributed by atoms with E-state index in [1.807, 2.05) is 25.1 Å². The molecule has 0 fully saturated rings. The largest absolute Gasteiger partial charge is 0.483 e. The molecule has 0 aliphatic carbocycles. The minimum atomic E-state index is -0.119. The summed E-state index contributed by atoms with van der Waals surface area (Å²) in [5, 5.41) is 8.54. The molecule has 1 rings (SSSR count). The van der Waals surface area contributed by atoms with Gasteiger partial charge >= 0.3 is 0 Å². The first kappa shape index (κ1) is 17.0. The quantitative estimate of drug-likeness (QED) is 0.836. The zero-order valence-electron chi connectivity index (χ0n) is 13.6. The van der Waals surface area contributed by atoms with Crippen LogP contribution in [0.1, 0.15) is 38.3 Å². The third-order valence-corrected chi connectivity index (χ3v) is 3.28. The number of aryl methyl sites for hydroxylation is 1. The third kappa shape index (κ3) is 5.11. The minimum absolute atomic E-state index is 0.00549. The maximum absolute atomic E-state index is 12.0. The highest BCUT2D eigenvalue weighted by atomic mass is 16.5. The van der Waals surface area contributed by atoms with Crippen LogP contribution in [-0.2, 0) is 10.2 Å². The van der Waals surface area contributed by atoms with E-state index in [0.29, 0.717) is 13.0 Å². The molecule has 0 N–H and O–H groups in total. The Balaban J connectivity index is 2.77. The lowest BCUT2D eigenvalue weighted by atomic mass is 9.86. The predicted octanol–water partition coefficient (Wildman–Crippen LogP) is 3.04. The molecule has 114 valence electrons. The van der Waals surface area contributed by atoms with E-state index in [0.717, 1.165) is 16.9 Å². The molecule has 0 spiro atoms. The predicted molar refractivity (Wildman–Crippen MR) is 83.2 cm³/mol. The van der Waals surface area contributed by atoms with Crippen LogP contribution in [0.5, 0.6) is 5.75 Å². The molecule has 0 unspecified atom stereocenters. The van der Waals surface area contributed by atoms with Crippen molar-refractivity contribution in [3.63, 3.8) is 0 Å². The Morgan fingerprint density at radius 3 is 2.62 bits per heavy atom.